The molecule has 5 nitrogen and oxygen atoms in total. The van der Waals surface area contributed by atoms with Crippen LogP contribution in [0.25, 0.3) is 0 Å². The molecule has 1 aliphatic heterocycles. The number of urea groups is 1. The van der Waals surface area contributed by atoms with Crippen molar-refractivity contribution in [3.63, 3.8) is 0 Å². The normalized spacial score (nSPS) is 14.5. The molecule has 2 amide bonds. The van der Waals surface area contributed by atoms with Crippen molar-refractivity contribution in [3.8, 4) is 5.75 Å². The molecule has 26 heavy (non-hydrogen) atoms. The molecule has 6 heteroatoms. The summed E-state index contributed by atoms with van der Waals surface area (Å²) < 4.78 is 18.9. The van der Waals surface area contributed by atoms with E-state index in [1.807, 2.05) is 38.1 Å². The molecule has 3 rings (SSSR count). The molecule has 0 atom stereocenters. The summed E-state index contributed by atoms with van der Waals surface area (Å²) in [4.78, 5) is 16.3. The maximum Gasteiger partial charge on any atom is 0.321 e. The zero-order chi connectivity index (χ0) is 18.5. The van der Waals surface area contributed by atoms with Gasteiger partial charge < -0.3 is 19.9 Å². The minimum absolute atomic E-state index is 0.154. The van der Waals surface area contributed by atoms with Gasteiger partial charge in [0.25, 0.3) is 0 Å². The van der Waals surface area contributed by atoms with Crippen molar-refractivity contribution >= 4 is 17.4 Å². The fraction of sp³-hybridized carbons (Fsp3) is 0.350. The summed E-state index contributed by atoms with van der Waals surface area (Å²) in [6.07, 6.45) is 0.154. The summed E-state index contributed by atoms with van der Waals surface area (Å²) in [5, 5.41) is 2.74. The van der Waals surface area contributed by atoms with Gasteiger partial charge in [-0.2, -0.15) is 0 Å². The second kappa shape index (κ2) is 8.08. The Labute approximate surface area is 153 Å². The van der Waals surface area contributed by atoms with Crippen molar-refractivity contribution in [2.24, 2.45) is 0 Å². The minimum Gasteiger partial charge on any atom is -0.491 e. The Bertz CT molecular complexity index is 741. The van der Waals surface area contributed by atoms with E-state index in [2.05, 4.69) is 10.2 Å². The first kappa shape index (κ1) is 18.0. The van der Waals surface area contributed by atoms with Gasteiger partial charge in [-0.15, -0.1) is 0 Å². The molecule has 0 unspecified atom stereocenters. The lowest BCUT2D eigenvalue weighted by Crippen LogP contribution is -2.50. The zero-order valence-electron chi connectivity index (χ0n) is 15.1. The van der Waals surface area contributed by atoms with Gasteiger partial charge in [-0.05, 0) is 56.3 Å². The van der Waals surface area contributed by atoms with E-state index in [0.29, 0.717) is 18.8 Å². The molecule has 1 aliphatic rings. The zero-order valence-corrected chi connectivity index (χ0v) is 15.1. The predicted molar refractivity (Wildman–Crippen MR) is 101 cm³/mol. The van der Waals surface area contributed by atoms with Gasteiger partial charge in [0.15, 0.2) is 0 Å². The molecular weight excluding hydrogens is 333 g/mol. The van der Waals surface area contributed by atoms with Crippen LogP contribution in [0, 0.1) is 5.82 Å². The summed E-state index contributed by atoms with van der Waals surface area (Å²) >= 11 is 0. The van der Waals surface area contributed by atoms with Crippen molar-refractivity contribution in [2.45, 2.75) is 20.0 Å². The number of nitrogens with zero attached hydrogens (tertiary/aromatic N) is 2. The van der Waals surface area contributed by atoms with E-state index in [1.54, 1.807) is 17.0 Å². The highest BCUT2D eigenvalue weighted by Crippen LogP contribution is 2.22. The van der Waals surface area contributed by atoms with E-state index in [1.165, 1.54) is 12.1 Å². The maximum atomic E-state index is 13.2. The average molecular weight is 357 g/mol. The number of amides is 2. The van der Waals surface area contributed by atoms with E-state index in [4.69, 9.17) is 4.74 Å². The monoisotopic (exact) mass is 357 g/mol. The van der Waals surface area contributed by atoms with Crippen molar-refractivity contribution in [3.05, 3.63) is 54.3 Å². The van der Waals surface area contributed by atoms with Gasteiger partial charge in [0.05, 0.1) is 6.10 Å². The van der Waals surface area contributed by atoms with E-state index >= 15 is 0 Å². The molecule has 0 bridgehead atoms. The molecule has 1 N–H and O–H groups in total. The van der Waals surface area contributed by atoms with Crippen LogP contribution >= 0.6 is 0 Å². The fourth-order valence-electron chi connectivity index (χ4n) is 2.94. The summed E-state index contributed by atoms with van der Waals surface area (Å²) in [5.41, 5.74) is 1.59. The van der Waals surface area contributed by atoms with Crippen LogP contribution in [-0.2, 0) is 0 Å². The Balaban J connectivity index is 1.53. The molecule has 0 aliphatic carbocycles. The topological polar surface area (TPSA) is 44.8 Å². The molecule has 2 aromatic carbocycles. The number of hydrogen-bond donors (Lipinski definition) is 1. The molecule has 0 aromatic heterocycles. The maximum absolute atomic E-state index is 13.2. The number of ether oxygens (including phenoxy) is 1. The van der Waals surface area contributed by atoms with Crippen molar-refractivity contribution in [1.29, 1.82) is 0 Å². The van der Waals surface area contributed by atoms with Crippen LogP contribution in [0.15, 0.2) is 48.5 Å². The second-order valence-corrected chi connectivity index (χ2v) is 6.58. The van der Waals surface area contributed by atoms with E-state index < -0.39 is 0 Å². The second-order valence-electron chi connectivity index (χ2n) is 6.58. The van der Waals surface area contributed by atoms with Crippen molar-refractivity contribution in [2.75, 3.05) is 36.4 Å². The highest BCUT2D eigenvalue weighted by Gasteiger charge is 2.21. The standard InChI is InChI=1S/C20H24FN3O2/c1-15(2)26-19-8-6-18(7-9-19)23-10-12-24(13-11-23)20(25)22-17-5-3-4-16(21)14-17/h3-9,14-15H,10-13H2,1-2H3,(H,22,25). The minimum atomic E-state index is -0.363. The Morgan fingerprint density at radius 2 is 1.77 bits per heavy atom. The third-order valence-electron chi connectivity index (χ3n) is 4.22. The van der Waals surface area contributed by atoms with Gasteiger partial charge in [0.2, 0.25) is 0 Å². The van der Waals surface area contributed by atoms with E-state index in [0.717, 1.165) is 24.5 Å². The van der Waals surface area contributed by atoms with Crippen LogP contribution in [0.3, 0.4) is 0 Å². The molecule has 1 saturated heterocycles. The van der Waals surface area contributed by atoms with Gasteiger partial charge in [0.1, 0.15) is 11.6 Å². The number of benzene rings is 2. The fourth-order valence-corrected chi connectivity index (χ4v) is 2.94. The summed E-state index contributed by atoms with van der Waals surface area (Å²) in [7, 11) is 0. The Morgan fingerprint density at radius 3 is 2.38 bits per heavy atom. The molecule has 0 spiro atoms. The van der Waals surface area contributed by atoms with Crippen LogP contribution in [0.4, 0.5) is 20.6 Å². The number of rotatable bonds is 4. The van der Waals surface area contributed by atoms with Gasteiger partial charge in [0, 0.05) is 37.6 Å². The molecular formula is C20H24FN3O2. The first-order valence-corrected chi connectivity index (χ1v) is 8.84. The largest absolute Gasteiger partial charge is 0.491 e. The van der Waals surface area contributed by atoms with Gasteiger partial charge in [-0.1, -0.05) is 6.07 Å². The lowest BCUT2D eigenvalue weighted by Gasteiger charge is -2.36. The lowest BCUT2D eigenvalue weighted by atomic mass is 10.2. The summed E-state index contributed by atoms with van der Waals surface area (Å²) in [6.45, 7) is 6.74. The number of carbonyl (C=O) groups excluding carboxylic acids is 1. The Kier molecular flexibility index (Phi) is 5.61. The van der Waals surface area contributed by atoms with Crippen LogP contribution in [0.1, 0.15) is 13.8 Å². The van der Waals surface area contributed by atoms with Crippen molar-refractivity contribution in [1.82, 2.24) is 4.90 Å². The Morgan fingerprint density at radius 1 is 1.08 bits per heavy atom. The number of anilines is 2. The third kappa shape index (κ3) is 4.65. The van der Waals surface area contributed by atoms with Crippen LogP contribution < -0.4 is 15.0 Å². The summed E-state index contributed by atoms with van der Waals surface area (Å²) in [5.74, 6) is 0.495. The first-order chi connectivity index (χ1) is 12.5. The number of halogens is 1. The molecule has 1 heterocycles. The van der Waals surface area contributed by atoms with Gasteiger partial charge in [-0.25, -0.2) is 9.18 Å². The number of hydrogen-bond acceptors (Lipinski definition) is 3. The van der Waals surface area contributed by atoms with Crippen LogP contribution in [-0.4, -0.2) is 43.2 Å². The number of nitrogens with one attached hydrogen (secondary N) is 1. The molecule has 0 radical (unpaired) electrons. The number of piperazine rings is 1. The van der Waals surface area contributed by atoms with Gasteiger partial charge >= 0.3 is 6.03 Å². The van der Waals surface area contributed by atoms with Gasteiger partial charge in [-0.3, -0.25) is 0 Å². The smallest absolute Gasteiger partial charge is 0.321 e. The summed E-state index contributed by atoms with van der Waals surface area (Å²) in [6, 6.07) is 13.8. The van der Waals surface area contributed by atoms with Crippen LogP contribution in [0.5, 0.6) is 5.75 Å². The Hall–Kier alpha value is -2.76. The number of carbonyl (C=O) groups is 1. The highest BCUT2D eigenvalue weighted by molar-refractivity contribution is 5.89. The average Bonchev–Trinajstić information content (AvgIpc) is 2.62. The highest BCUT2D eigenvalue weighted by atomic mass is 19.1. The lowest BCUT2D eigenvalue weighted by molar-refractivity contribution is 0.208. The molecule has 2 aromatic rings. The van der Waals surface area contributed by atoms with E-state index in [-0.39, 0.29) is 18.0 Å². The first-order valence-electron chi connectivity index (χ1n) is 8.84. The molecule has 0 saturated carbocycles. The van der Waals surface area contributed by atoms with Crippen LogP contribution in [0.2, 0.25) is 0 Å². The molecule has 1 fully saturated rings. The quantitative estimate of drug-likeness (QED) is 0.901. The predicted octanol–water partition coefficient (Wildman–Crippen LogP) is 3.97. The van der Waals surface area contributed by atoms with E-state index in [9.17, 15) is 9.18 Å². The SMILES string of the molecule is CC(C)Oc1ccc(N2CCN(C(=O)Nc3cccc(F)c3)CC2)cc1. The van der Waals surface area contributed by atoms with Crippen molar-refractivity contribution < 1.29 is 13.9 Å². The third-order valence-corrected chi connectivity index (χ3v) is 4.22. The molecule has 138 valence electrons.